The maximum absolute atomic E-state index is 6.03. The molecule has 1 aromatic heterocycles. The summed E-state index contributed by atoms with van der Waals surface area (Å²) in [5, 5.41) is 1.02. The minimum Gasteiger partial charge on any atom is -0.271 e. The van der Waals surface area contributed by atoms with Crippen molar-refractivity contribution < 1.29 is 0 Å². The van der Waals surface area contributed by atoms with Crippen LogP contribution in [0, 0.1) is 12.3 Å². The summed E-state index contributed by atoms with van der Waals surface area (Å²) in [6.45, 7) is 0. The predicted molar refractivity (Wildman–Crippen MR) is 67.0 cm³/mol. The third-order valence-corrected chi connectivity index (χ3v) is 2.69. The molecule has 5 heteroatoms. The van der Waals surface area contributed by atoms with Gasteiger partial charge in [-0.05, 0) is 18.9 Å². The van der Waals surface area contributed by atoms with Crippen molar-refractivity contribution >= 4 is 23.2 Å². The number of nitrogens with one attached hydrogen (secondary N) is 1. The Morgan fingerprint density at radius 3 is 2.88 bits per heavy atom. The molecule has 0 fully saturated rings. The largest absolute Gasteiger partial charge is 0.271 e. The van der Waals surface area contributed by atoms with Crippen LogP contribution in [0.5, 0.6) is 0 Å². The number of halogens is 2. The summed E-state index contributed by atoms with van der Waals surface area (Å²) in [7, 11) is 0. The summed E-state index contributed by atoms with van der Waals surface area (Å²) in [4.78, 5) is 4.17. The Bertz CT molecular complexity index is 387. The molecule has 1 aromatic rings. The van der Waals surface area contributed by atoms with Gasteiger partial charge in [-0.2, -0.15) is 0 Å². The van der Waals surface area contributed by atoms with E-state index in [1.165, 1.54) is 0 Å². The van der Waals surface area contributed by atoms with Crippen LogP contribution in [0.4, 0.5) is 0 Å². The second kappa shape index (κ2) is 6.72. The molecule has 0 spiro atoms. The van der Waals surface area contributed by atoms with Gasteiger partial charge in [-0.3, -0.25) is 16.3 Å². The normalized spacial score (nSPS) is 12.1. The number of hydrogen-bond acceptors (Lipinski definition) is 3. The molecule has 0 bridgehead atoms. The van der Waals surface area contributed by atoms with Gasteiger partial charge in [-0.25, -0.2) is 0 Å². The van der Waals surface area contributed by atoms with Gasteiger partial charge in [0.15, 0.2) is 0 Å². The average Bonchev–Trinajstić information content (AvgIpc) is 2.26. The van der Waals surface area contributed by atoms with Gasteiger partial charge in [0.05, 0.1) is 21.8 Å². The molecule has 1 unspecified atom stereocenters. The molecule has 0 amide bonds. The van der Waals surface area contributed by atoms with Crippen molar-refractivity contribution in [1.29, 1.82) is 0 Å². The van der Waals surface area contributed by atoms with Crippen LogP contribution in [-0.4, -0.2) is 4.98 Å². The highest BCUT2D eigenvalue weighted by atomic mass is 35.5. The van der Waals surface area contributed by atoms with E-state index >= 15 is 0 Å². The second-order valence-electron chi connectivity index (χ2n) is 3.34. The smallest absolute Gasteiger partial charge is 0.0773 e. The zero-order valence-corrected chi connectivity index (χ0v) is 10.2. The Balaban J connectivity index is 2.75. The van der Waals surface area contributed by atoms with Crippen LogP contribution >= 0.6 is 23.2 Å². The van der Waals surface area contributed by atoms with Crippen LogP contribution in [0.25, 0.3) is 0 Å². The van der Waals surface area contributed by atoms with Crippen LogP contribution < -0.4 is 11.3 Å². The number of hydrogen-bond donors (Lipinski definition) is 2. The highest BCUT2D eigenvalue weighted by Gasteiger charge is 2.14. The Morgan fingerprint density at radius 2 is 2.31 bits per heavy atom. The van der Waals surface area contributed by atoms with E-state index in [1.807, 2.05) is 0 Å². The highest BCUT2D eigenvalue weighted by molar-refractivity contribution is 6.34. The van der Waals surface area contributed by atoms with Gasteiger partial charge in [0.2, 0.25) is 0 Å². The van der Waals surface area contributed by atoms with Crippen LogP contribution in [0.2, 0.25) is 10.0 Å². The molecule has 0 aromatic carbocycles. The third-order valence-electron chi connectivity index (χ3n) is 2.18. The van der Waals surface area contributed by atoms with E-state index in [4.69, 9.17) is 35.5 Å². The number of rotatable bonds is 5. The van der Waals surface area contributed by atoms with E-state index in [2.05, 4.69) is 16.3 Å². The van der Waals surface area contributed by atoms with Crippen LogP contribution in [0.1, 0.15) is 31.0 Å². The lowest BCUT2D eigenvalue weighted by atomic mass is 10.1. The van der Waals surface area contributed by atoms with Crippen molar-refractivity contribution in [1.82, 2.24) is 10.4 Å². The van der Waals surface area contributed by atoms with Crippen LogP contribution in [0.3, 0.4) is 0 Å². The Morgan fingerprint density at radius 1 is 1.56 bits per heavy atom. The lowest BCUT2D eigenvalue weighted by Crippen LogP contribution is -2.28. The second-order valence-corrected chi connectivity index (χ2v) is 4.18. The van der Waals surface area contributed by atoms with E-state index in [0.717, 1.165) is 12.8 Å². The lowest BCUT2D eigenvalue weighted by molar-refractivity contribution is 0.492. The summed E-state index contributed by atoms with van der Waals surface area (Å²) < 4.78 is 0. The SMILES string of the molecule is C#CCCCC(NN)c1ncc(Cl)cc1Cl. The average molecular weight is 258 g/mol. The van der Waals surface area contributed by atoms with E-state index < -0.39 is 0 Å². The molecule has 86 valence electrons. The molecular formula is C11H13Cl2N3. The van der Waals surface area contributed by atoms with Gasteiger partial charge in [0.1, 0.15) is 0 Å². The molecule has 0 saturated carbocycles. The fraction of sp³-hybridized carbons (Fsp3) is 0.364. The third kappa shape index (κ3) is 3.66. The number of terminal acetylenes is 1. The zero-order chi connectivity index (χ0) is 12.0. The fourth-order valence-electron chi connectivity index (χ4n) is 1.39. The molecule has 0 radical (unpaired) electrons. The first-order valence-corrected chi connectivity index (χ1v) is 5.65. The first-order valence-electron chi connectivity index (χ1n) is 4.89. The summed E-state index contributed by atoms with van der Waals surface area (Å²) in [6.07, 6.45) is 9.10. The predicted octanol–water partition coefficient (Wildman–Crippen LogP) is 2.70. The number of aromatic nitrogens is 1. The van der Waals surface area contributed by atoms with E-state index in [-0.39, 0.29) is 6.04 Å². The molecule has 0 aliphatic rings. The molecule has 0 saturated heterocycles. The van der Waals surface area contributed by atoms with Gasteiger partial charge in [-0.15, -0.1) is 12.3 Å². The van der Waals surface area contributed by atoms with Crippen molar-refractivity contribution in [3.05, 3.63) is 28.0 Å². The molecule has 3 N–H and O–H groups in total. The monoisotopic (exact) mass is 257 g/mol. The topological polar surface area (TPSA) is 50.9 Å². The minimum absolute atomic E-state index is 0.0990. The molecule has 0 aliphatic heterocycles. The minimum atomic E-state index is -0.0990. The van der Waals surface area contributed by atoms with E-state index in [9.17, 15) is 0 Å². The van der Waals surface area contributed by atoms with Crippen molar-refractivity contribution in [2.24, 2.45) is 5.84 Å². The van der Waals surface area contributed by atoms with Crippen molar-refractivity contribution in [2.75, 3.05) is 0 Å². The molecule has 3 nitrogen and oxygen atoms in total. The first kappa shape index (κ1) is 13.3. The summed E-state index contributed by atoms with van der Waals surface area (Å²) >= 11 is 11.8. The molecule has 1 atom stereocenters. The number of nitrogens with two attached hydrogens (primary N) is 1. The van der Waals surface area contributed by atoms with Crippen molar-refractivity contribution in [2.45, 2.75) is 25.3 Å². The fourth-order valence-corrected chi connectivity index (χ4v) is 1.90. The number of nitrogens with zero attached hydrogens (tertiary/aromatic N) is 1. The zero-order valence-electron chi connectivity index (χ0n) is 8.71. The summed E-state index contributed by atoms with van der Waals surface area (Å²) in [5.74, 6) is 8.04. The lowest BCUT2D eigenvalue weighted by Gasteiger charge is -2.15. The van der Waals surface area contributed by atoms with Gasteiger partial charge in [0, 0.05) is 12.6 Å². The van der Waals surface area contributed by atoms with Gasteiger partial charge in [0.25, 0.3) is 0 Å². The molecule has 16 heavy (non-hydrogen) atoms. The highest BCUT2D eigenvalue weighted by Crippen LogP contribution is 2.26. The van der Waals surface area contributed by atoms with Crippen molar-refractivity contribution in [3.63, 3.8) is 0 Å². The van der Waals surface area contributed by atoms with Crippen LogP contribution in [-0.2, 0) is 0 Å². The number of unbranched alkanes of at least 4 members (excludes halogenated alkanes) is 1. The summed E-state index contributed by atoms with van der Waals surface area (Å²) in [6, 6.07) is 1.55. The van der Waals surface area contributed by atoms with Crippen LogP contribution in [0.15, 0.2) is 12.3 Å². The quantitative estimate of drug-likeness (QED) is 0.369. The van der Waals surface area contributed by atoms with E-state index in [0.29, 0.717) is 22.2 Å². The molecular weight excluding hydrogens is 245 g/mol. The Labute approximate surface area is 105 Å². The Kier molecular flexibility index (Phi) is 5.58. The molecule has 1 heterocycles. The van der Waals surface area contributed by atoms with Crippen molar-refractivity contribution in [3.8, 4) is 12.3 Å². The maximum atomic E-state index is 6.03. The van der Waals surface area contributed by atoms with Gasteiger partial charge in [-0.1, -0.05) is 23.2 Å². The first-order chi connectivity index (χ1) is 7.69. The standard InChI is InChI=1S/C11H13Cl2N3/c1-2-3-4-5-10(16-14)11-9(13)6-8(12)7-15-11/h1,6-7,10,16H,3-5,14H2. The number of pyridine rings is 1. The van der Waals surface area contributed by atoms with E-state index in [1.54, 1.807) is 12.3 Å². The molecule has 1 rings (SSSR count). The maximum Gasteiger partial charge on any atom is 0.0773 e. The number of hydrazine groups is 1. The molecule has 0 aliphatic carbocycles. The van der Waals surface area contributed by atoms with Gasteiger partial charge < -0.3 is 0 Å². The van der Waals surface area contributed by atoms with Gasteiger partial charge >= 0.3 is 0 Å². The summed E-state index contributed by atoms with van der Waals surface area (Å²) in [5.41, 5.74) is 3.38. The Hall–Kier alpha value is -0.790.